The van der Waals surface area contributed by atoms with E-state index in [0.717, 1.165) is 36.6 Å². The van der Waals surface area contributed by atoms with Gasteiger partial charge in [0, 0.05) is 33.7 Å². The van der Waals surface area contributed by atoms with Crippen molar-refractivity contribution in [3.05, 3.63) is 23.7 Å². The van der Waals surface area contributed by atoms with Crippen LogP contribution in [0.1, 0.15) is 29.0 Å². The van der Waals surface area contributed by atoms with Crippen molar-refractivity contribution in [2.45, 2.75) is 19.8 Å². The number of hydrogen-bond acceptors (Lipinski definition) is 8. The molecular weight excluding hydrogens is 392 g/mol. The minimum absolute atomic E-state index is 0.0895. The number of primary amides is 1. The lowest BCUT2D eigenvalue weighted by atomic mass is 9.98. The van der Waals surface area contributed by atoms with E-state index in [9.17, 15) is 9.59 Å². The number of amides is 3. The van der Waals surface area contributed by atoms with E-state index >= 15 is 0 Å². The summed E-state index contributed by atoms with van der Waals surface area (Å²) >= 11 is 1.28. The Bertz CT molecular complexity index is 884. The van der Waals surface area contributed by atoms with Gasteiger partial charge in [0.05, 0.1) is 11.9 Å². The fourth-order valence-electron chi connectivity index (χ4n) is 3.17. The van der Waals surface area contributed by atoms with Crippen LogP contribution in [0.4, 0.5) is 21.4 Å². The third-order valence-corrected chi connectivity index (χ3v) is 5.45. The van der Waals surface area contributed by atoms with Gasteiger partial charge < -0.3 is 26.2 Å². The fraction of sp³-hybridized carbons (Fsp3) is 0.500. The maximum atomic E-state index is 11.8. The number of nitrogens with one attached hydrogen (secondary N) is 2. The SMILES string of the molecule is Cc1cc(Nc2nc(N3CCCC(CNC(=O)N(C)C)C3)cnc2C(N)=O)sn1. The summed E-state index contributed by atoms with van der Waals surface area (Å²) in [5, 5.41) is 6.81. The molecule has 1 saturated heterocycles. The molecule has 0 radical (unpaired) electrons. The first-order valence-corrected chi connectivity index (χ1v) is 10.2. The van der Waals surface area contributed by atoms with Gasteiger partial charge in [-0.25, -0.2) is 14.8 Å². The minimum Gasteiger partial charge on any atom is -0.364 e. The standard InChI is InChI=1S/C18H26N8O2S/c1-11-7-14(29-24-11)23-17-15(16(19)27)20-9-13(22-17)26-6-4-5-12(10-26)8-21-18(28)25(2)3/h7,9,12H,4-6,8,10H2,1-3H3,(H2,19,27)(H,21,28)(H,22,23). The predicted molar refractivity (Wildman–Crippen MR) is 113 cm³/mol. The van der Waals surface area contributed by atoms with Gasteiger partial charge in [0.25, 0.3) is 5.91 Å². The molecule has 1 aliphatic heterocycles. The first-order valence-electron chi connectivity index (χ1n) is 9.40. The molecule has 3 amide bonds. The molecule has 1 fully saturated rings. The van der Waals surface area contributed by atoms with Crippen LogP contribution in [0.25, 0.3) is 0 Å². The summed E-state index contributed by atoms with van der Waals surface area (Å²) in [6, 6.07) is 1.77. The van der Waals surface area contributed by atoms with Gasteiger partial charge in [-0.2, -0.15) is 4.37 Å². The molecule has 2 aromatic heterocycles. The Kier molecular flexibility index (Phi) is 6.47. The normalized spacial score (nSPS) is 16.4. The van der Waals surface area contributed by atoms with E-state index in [2.05, 4.69) is 29.9 Å². The number of carbonyl (C=O) groups is 2. The molecule has 3 heterocycles. The van der Waals surface area contributed by atoms with Crippen LogP contribution in [-0.4, -0.2) is 64.9 Å². The lowest BCUT2D eigenvalue weighted by molar-refractivity contribution is 0.0996. The number of hydrogen-bond donors (Lipinski definition) is 3. The number of urea groups is 1. The second kappa shape index (κ2) is 9.03. The summed E-state index contributed by atoms with van der Waals surface area (Å²) in [5.74, 6) is 0.658. The number of rotatable bonds is 6. The molecule has 0 spiro atoms. The molecule has 0 saturated carbocycles. The Balaban J connectivity index is 1.74. The zero-order chi connectivity index (χ0) is 21.0. The van der Waals surface area contributed by atoms with Crippen molar-refractivity contribution >= 4 is 40.1 Å². The molecule has 156 valence electrons. The van der Waals surface area contributed by atoms with Crippen LogP contribution in [-0.2, 0) is 0 Å². The second-order valence-electron chi connectivity index (χ2n) is 7.28. The molecule has 3 rings (SSSR count). The van der Waals surface area contributed by atoms with Gasteiger partial charge in [0.15, 0.2) is 11.5 Å². The van der Waals surface area contributed by atoms with Crippen LogP contribution >= 0.6 is 11.5 Å². The number of nitrogens with two attached hydrogens (primary N) is 1. The summed E-state index contributed by atoms with van der Waals surface area (Å²) in [4.78, 5) is 36.1. The quantitative estimate of drug-likeness (QED) is 0.649. The zero-order valence-corrected chi connectivity index (χ0v) is 17.6. The van der Waals surface area contributed by atoms with E-state index in [4.69, 9.17) is 5.73 Å². The molecule has 0 bridgehead atoms. The predicted octanol–water partition coefficient (Wildman–Crippen LogP) is 1.57. The summed E-state index contributed by atoms with van der Waals surface area (Å²) in [6.07, 6.45) is 3.59. The van der Waals surface area contributed by atoms with Gasteiger partial charge in [-0.3, -0.25) is 4.79 Å². The number of carbonyl (C=O) groups excluding carboxylic acids is 2. The molecule has 0 aromatic carbocycles. The van der Waals surface area contributed by atoms with Crippen LogP contribution in [0.15, 0.2) is 12.3 Å². The molecule has 0 aliphatic carbocycles. The van der Waals surface area contributed by atoms with Crippen molar-refractivity contribution in [3.8, 4) is 0 Å². The molecule has 1 aliphatic rings. The number of piperidine rings is 1. The minimum atomic E-state index is -0.643. The summed E-state index contributed by atoms with van der Waals surface area (Å²) < 4.78 is 4.22. The van der Waals surface area contributed by atoms with E-state index < -0.39 is 5.91 Å². The lowest BCUT2D eigenvalue weighted by Crippen LogP contribution is -2.43. The van der Waals surface area contributed by atoms with Crippen LogP contribution in [0.2, 0.25) is 0 Å². The van der Waals surface area contributed by atoms with Crippen LogP contribution in [0.3, 0.4) is 0 Å². The van der Waals surface area contributed by atoms with E-state index in [-0.39, 0.29) is 11.7 Å². The molecule has 4 N–H and O–H groups in total. The Hall–Kier alpha value is -2.95. The smallest absolute Gasteiger partial charge is 0.316 e. The number of anilines is 3. The van der Waals surface area contributed by atoms with Crippen molar-refractivity contribution in [1.82, 2.24) is 24.6 Å². The van der Waals surface area contributed by atoms with E-state index in [1.54, 1.807) is 20.3 Å². The Labute approximate surface area is 173 Å². The van der Waals surface area contributed by atoms with Gasteiger partial charge in [-0.15, -0.1) is 0 Å². The summed E-state index contributed by atoms with van der Waals surface area (Å²) in [5.41, 5.74) is 6.43. The maximum Gasteiger partial charge on any atom is 0.316 e. The third kappa shape index (κ3) is 5.31. The summed E-state index contributed by atoms with van der Waals surface area (Å²) in [7, 11) is 3.44. The average Bonchev–Trinajstić information content (AvgIpc) is 3.10. The largest absolute Gasteiger partial charge is 0.364 e. The molecule has 11 heteroatoms. The van der Waals surface area contributed by atoms with Crippen molar-refractivity contribution in [1.29, 1.82) is 0 Å². The highest BCUT2D eigenvalue weighted by Crippen LogP contribution is 2.26. The van der Waals surface area contributed by atoms with Gasteiger partial charge in [0.1, 0.15) is 10.8 Å². The third-order valence-electron chi connectivity index (χ3n) is 4.65. The summed E-state index contributed by atoms with van der Waals surface area (Å²) in [6.45, 7) is 4.08. The first kappa shape index (κ1) is 20.8. The van der Waals surface area contributed by atoms with Crippen molar-refractivity contribution in [2.24, 2.45) is 11.7 Å². The van der Waals surface area contributed by atoms with Crippen LogP contribution in [0.5, 0.6) is 0 Å². The van der Waals surface area contributed by atoms with Crippen LogP contribution in [0, 0.1) is 12.8 Å². The zero-order valence-electron chi connectivity index (χ0n) is 16.8. The van der Waals surface area contributed by atoms with E-state index in [1.807, 2.05) is 13.0 Å². The highest BCUT2D eigenvalue weighted by atomic mass is 32.1. The average molecular weight is 419 g/mol. The molecule has 2 aromatic rings. The Morgan fingerprint density at radius 1 is 1.41 bits per heavy atom. The first-order chi connectivity index (χ1) is 13.8. The Morgan fingerprint density at radius 3 is 2.86 bits per heavy atom. The van der Waals surface area contributed by atoms with Crippen molar-refractivity contribution < 1.29 is 9.59 Å². The molecule has 1 atom stereocenters. The van der Waals surface area contributed by atoms with E-state index in [1.165, 1.54) is 16.4 Å². The fourth-order valence-corrected chi connectivity index (χ4v) is 3.83. The van der Waals surface area contributed by atoms with Gasteiger partial charge in [-0.1, -0.05) is 0 Å². The Morgan fingerprint density at radius 2 is 2.21 bits per heavy atom. The van der Waals surface area contributed by atoms with Crippen molar-refractivity contribution in [2.75, 3.05) is 43.9 Å². The van der Waals surface area contributed by atoms with Crippen molar-refractivity contribution in [3.63, 3.8) is 0 Å². The number of nitrogens with zero attached hydrogens (tertiary/aromatic N) is 5. The molecular formula is C18H26N8O2S. The molecule has 1 unspecified atom stereocenters. The second-order valence-corrected chi connectivity index (χ2v) is 8.09. The molecule has 29 heavy (non-hydrogen) atoms. The molecule has 10 nitrogen and oxygen atoms in total. The van der Waals surface area contributed by atoms with Gasteiger partial charge >= 0.3 is 6.03 Å². The van der Waals surface area contributed by atoms with E-state index in [0.29, 0.717) is 24.1 Å². The number of aromatic nitrogens is 3. The topological polar surface area (TPSA) is 129 Å². The monoisotopic (exact) mass is 418 g/mol. The van der Waals surface area contributed by atoms with Gasteiger partial charge in [0.2, 0.25) is 0 Å². The van der Waals surface area contributed by atoms with Gasteiger partial charge in [-0.05, 0) is 43.3 Å². The number of aryl methyl sites for hydroxylation is 1. The van der Waals surface area contributed by atoms with Crippen LogP contribution < -0.4 is 21.3 Å². The highest BCUT2D eigenvalue weighted by Gasteiger charge is 2.23. The lowest BCUT2D eigenvalue weighted by Gasteiger charge is -2.33. The maximum absolute atomic E-state index is 11.8. The highest BCUT2D eigenvalue weighted by molar-refractivity contribution is 7.10.